The van der Waals surface area contributed by atoms with Crippen LogP contribution in [-0.2, 0) is 0 Å². The summed E-state index contributed by atoms with van der Waals surface area (Å²) in [6.07, 6.45) is 1.11. The van der Waals surface area contributed by atoms with Crippen molar-refractivity contribution >= 4 is 9.24 Å². The highest BCUT2D eigenvalue weighted by Crippen LogP contribution is 2.19. The van der Waals surface area contributed by atoms with Gasteiger partial charge in [-0.3, -0.25) is 0 Å². The maximum absolute atomic E-state index is 9.00. The summed E-state index contributed by atoms with van der Waals surface area (Å²) in [5.41, 5.74) is -2.02. The van der Waals surface area contributed by atoms with E-state index in [0.717, 1.165) is 12.8 Å². The lowest BCUT2D eigenvalue weighted by atomic mass is 10.1. The van der Waals surface area contributed by atoms with Crippen LogP contribution in [0.2, 0.25) is 0 Å². The molecule has 62 valence electrons. The average Bonchev–Trinajstić information content (AvgIpc) is 1.80. The standard InChI is InChI=1S/C6H15O3P/c1-2-3-4-5(7)6(8,9)10/h5,7-9H,2-4,10H2,1H3. The van der Waals surface area contributed by atoms with Gasteiger partial charge >= 0.3 is 0 Å². The molecule has 3 nitrogen and oxygen atoms in total. The lowest BCUT2D eigenvalue weighted by Gasteiger charge is -2.22. The van der Waals surface area contributed by atoms with E-state index in [4.69, 9.17) is 15.3 Å². The first-order chi connectivity index (χ1) is 4.48. The van der Waals surface area contributed by atoms with Crippen molar-refractivity contribution in [1.29, 1.82) is 0 Å². The Hall–Kier alpha value is 0.310. The maximum atomic E-state index is 9.00. The second-order valence-corrected chi connectivity index (χ2v) is 3.29. The van der Waals surface area contributed by atoms with E-state index in [2.05, 4.69) is 0 Å². The SMILES string of the molecule is CCCCC(O)C(O)(O)P. The van der Waals surface area contributed by atoms with E-state index < -0.39 is 11.6 Å². The van der Waals surface area contributed by atoms with Crippen molar-refractivity contribution < 1.29 is 15.3 Å². The molecule has 0 saturated carbocycles. The smallest absolute Gasteiger partial charge is 0.202 e. The van der Waals surface area contributed by atoms with E-state index in [1.54, 1.807) is 9.24 Å². The van der Waals surface area contributed by atoms with Gasteiger partial charge in [-0.2, -0.15) is 0 Å². The van der Waals surface area contributed by atoms with Crippen molar-refractivity contribution in [3.8, 4) is 0 Å². The van der Waals surface area contributed by atoms with Gasteiger partial charge in [-0.05, 0) is 6.42 Å². The molecule has 0 saturated heterocycles. The largest absolute Gasteiger partial charge is 0.387 e. The predicted molar refractivity (Wildman–Crippen MR) is 42.4 cm³/mol. The van der Waals surface area contributed by atoms with Crippen LogP contribution in [0.3, 0.4) is 0 Å². The lowest BCUT2D eigenvalue weighted by Crippen LogP contribution is -2.35. The van der Waals surface area contributed by atoms with Crippen molar-refractivity contribution in [2.45, 2.75) is 37.8 Å². The summed E-state index contributed by atoms with van der Waals surface area (Å²) in [4.78, 5) is 0. The number of hydrogen-bond donors (Lipinski definition) is 3. The second kappa shape index (κ2) is 4.24. The Bertz CT molecular complexity index is 89.5. The molecule has 2 unspecified atom stereocenters. The molecule has 0 radical (unpaired) electrons. The van der Waals surface area contributed by atoms with Gasteiger partial charge in [0, 0.05) is 0 Å². The van der Waals surface area contributed by atoms with Gasteiger partial charge in [0.05, 0.1) is 0 Å². The van der Waals surface area contributed by atoms with Crippen LogP contribution in [-0.4, -0.2) is 27.0 Å². The van der Waals surface area contributed by atoms with Gasteiger partial charge in [0.2, 0.25) is 5.53 Å². The Morgan fingerprint density at radius 1 is 1.50 bits per heavy atom. The van der Waals surface area contributed by atoms with Crippen LogP contribution < -0.4 is 0 Å². The minimum atomic E-state index is -2.02. The molecule has 10 heavy (non-hydrogen) atoms. The Kier molecular flexibility index (Phi) is 4.37. The number of aliphatic hydroxyl groups is 3. The molecule has 0 bridgehead atoms. The molecule has 0 aliphatic carbocycles. The molecule has 2 atom stereocenters. The number of rotatable bonds is 4. The van der Waals surface area contributed by atoms with Crippen LogP contribution in [0, 0.1) is 0 Å². The van der Waals surface area contributed by atoms with Crippen molar-refractivity contribution in [2.24, 2.45) is 0 Å². The van der Waals surface area contributed by atoms with Gasteiger partial charge in [0.1, 0.15) is 6.10 Å². The van der Waals surface area contributed by atoms with Crippen molar-refractivity contribution in [2.75, 3.05) is 0 Å². The summed E-state index contributed by atoms with van der Waals surface area (Å²) in [6.45, 7) is 1.98. The van der Waals surface area contributed by atoms with E-state index in [-0.39, 0.29) is 0 Å². The normalized spacial score (nSPS) is 15.3. The number of aliphatic hydroxyl groups excluding tert-OH is 1. The molecule has 4 heteroatoms. The fraction of sp³-hybridized carbons (Fsp3) is 1.00. The first-order valence-electron chi connectivity index (χ1n) is 3.40. The van der Waals surface area contributed by atoms with Gasteiger partial charge in [-0.25, -0.2) is 0 Å². The third kappa shape index (κ3) is 4.18. The van der Waals surface area contributed by atoms with Crippen LogP contribution in [0.15, 0.2) is 0 Å². The minimum absolute atomic E-state index is 0.424. The fourth-order valence-corrected chi connectivity index (χ4v) is 0.777. The van der Waals surface area contributed by atoms with E-state index in [0.29, 0.717) is 6.42 Å². The summed E-state index contributed by atoms with van der Waals surface area (Å²) in [7, 11) is 1.79. The average molecular weight is 166 g/mol. The molecule has 0 fully saturated rings. The molecule has 0 amide bonds. The molecular formula is C6H15O3P. The third-order valence-electron chi connectivity index (χ3n) is 1.32. The summed E-state index contributed by atoms with van der Waals surface area (Å²) in [5.74, 6) is 0. The third-order valence-corrected chi connectivity index (χ3v) is 1.71. The van der Waals surface area contributed by atoms with E-state index in [9.17, 15) is 0 Å². The van der Waals surface area contributed by atoms with Gasteiger partial charge in [0.25, 0.3) is 0 Å². The Morgan fingerprint density at radius 3 is 2.30 bits per heavy atom. The van der Waals surface area contributed by atoms with Crippen LogP contribution in [0.1, 0.15) is 26.2 Å². The van der Waals surface area contributed by atoms with Gasteiger partial charge in [-0.15, -0.1) is 0 Å². The Labute approximate surface area is 63.3 Å². The zero-order valence-electron chi connectivity index (χ0n) is 6.12. The molecule has 0 aliphatic heterocycles. The first-order valence-corrected chi connectivity index (χ1v) is 3.98. The van der Waals surface area contributed by atoms with Crippen molar-refractivity contribution in [1.82, 2.24) is 0 Å². The highest BCUT2D eigenvalue weighted by molar-refractivity contribution is 7.18. The predicted octanol–water partition coefficient (Wildman–Crippen LogP) is 0.0510. The minimum Gasteiger partial charge on any atom is -0.387 e. The molecule has 0 aromatic rings. The van der Waals surface area contributed by atoms with Crippen molar-refractivity contribution in [3.63, 3.8) is 0 Å². The molecule has 0 aliphatic rings. The topological polar surface area (TPSA) is 60.7 Å². The lowest BCUT2D eigenvalue weighted by molar-refractivity contribution is -0.156. The Balaban J connectivity index is 3.52. The highest BCUT2D eigenvalue weighted by Gasteiger charge is 2.25. The summed E-state index contributed by atoms with van der Waals surface area (Å²) in [5, 5.41) is 26.6. The first kappa shape index (κ1) is 10.3. The second-order valence-electron chi connectivity index (χ2n) is 2.44. The van der Waals surface area contributed by atoms with Crippen LogP contribution in [0.25, 0.3) is 0 Å². The highest BCUT2D eigenvalue weighted by atomic mass is 31.0. The maximum Gasteiger partial charge on any atom is 0.202 e. The van der Waals surface area contributed by atoms with E-state index in [1.807, 2.05) is 6.92 Å². The molecule has 0 spiro atoms. The zero-order valence-corrected chi connectivity index (χ0v) is 7.27. The molecule has 0 aromatic heterocycles. The molecule has 0 rings (SSSR count). The van der Waals surface area contributed by atoms with Crippen LogP contribution in [0.5, 0.6) is 0 Å². The van der Waals surface area contributed by atoms with Crippen molar-refractivity contribution in [3.05, 3.63) is 0 Å². The van der Waals surface area contributed by atoms with Gasteiger partial charge in [0.15, 0.2) is 0 Å². The quantitative estimate of drug-likeness (QED) is 0.408. The summed E-state index contributed by atoms with van der Waals surface area (Å²) >= 11 is 0. The molecule has 3 N–H and O–H groups in total. The Morgan fingerprint density at radius 2 is 2.00 bits per heavy atom. The fourth-order valence-electron chi connectivity index (χ4n) is 0.610. The molecular weight excluding hydrogens is 151 g/mol. The summed E-state index contributed by atoms with van der Waals surface area (Å²) in [6, 6.07) is 0. The van der Waals surface area contributed by atoms with Crippen LogP contribution >= 0.6 is 9.24 Å². The number of hydrogen-bond acceptors (Lipinski definition) is 3. The monoisotopic (exact) mass is 166 g/mol. The van der Waals surface area contributed by atoms with Gasteiger partial charge < -0.3 is 15.3 Å². The molecule has 0 aromatic carbocycles. The van der Waals surface area contributed by atoms with Gasteiger partial charge in [-0.1, -0.05) is 29.0 Å². The number of unbranched alkanes of at least 4 members (excludes halogenated alkanes) is 1. The zero-order chi connectivity index (χ0) is 8.20. The molecule has 0 heterocycles. The summed E-state index contributed by atoms with van der Waals surface area (Å²) < 4.78 is 0. The van der Waals surface area contributed by atoms with E-state index in [1.165, 1.54) is 0 Å². The van der Waals surface area contributed by atoms with E-state index >= 15 is 0 Å². The van der Waals surface area contributed by atoms with Crippen LogP contribution in [0.4, 0.5) is 0 Å².